The summed E-state index contributed by atoms with van der Waals surface area (Å²) in [5.41, 5.74) is 0.570. The minimum absolute atomic E-state index is 0.104. The molecule has 0 aliphatic heterocycles. The van der Waals surface area contributed by atoms with E-state index in [0.717, 1.165) is 12.8 Å². The largest absolute Gasteiger partial charge is 0.396 e. The molecule has 19 heavy (non-hydrogen) atoms. The maximum absolute atomic E-state index is 12.9. The van der Waals surface area contributed by atoms with Crippen LogP contribution in [0.1, 0.15) is 32.3 Å². The molecule has 0 fully saturated rings. The van der Waals surface area contributed by atoms with Gasteiger partial charge in [-0.05, 0) is 36.0 Å². The van der Waals surface area contributed by atoms with Crippen LogP contribution in [-0.2, 0) is 11.2 Å². The molecule has 0 spiro atoms. The Balaban J connectivity index is 2.25. The number of rotatable bonds is 7. The van der Waals surface area contributed by atoms with Gasteiger partial charge in [-0.15, -0.1) is 0 Å². The Morgan fingerprint density at radius 2 is 2.16 bits per heavy atom. The summed E-state index contributed by atoms with van der Waals surface area (Å²) in [6.07, 6.45) is 1.87. The first-order chi connectivity index (χ1) is 8.93. The van der Waals surface area contributed by atoms with Gasteiger partial charge in [-0.2, -0.15) is 0 Å². The quantitative estimate of drug-likeness (QED) is 0.745. The molecule has 0 aliphatic carbocycles. The van der Waals surface area contributed by atoms with E-state index in [4.69, 9.17) is 5.11 Å². The van der Waals surface area contributed by atoms with E-state index in [1.807, 2.05) is 13.8 Å². The standard InChI is InChI=1S/C15H22FNO2/c1-15(2,11-18)7-4-8-17-14(19)10-12-5-3-6-13(16)9-12/h3,5-6,9,18H,4,7-8,10-11H2,1-2H3,(H,17,19). The van der Waals surface area contributed by atoms with Crippen LogP contribution < -0.4 is 5.32 Å². The molecular formula is C15H22FNO2. The minimum Gasteiger partial charge on any atom is -0.396 e. The van der Waals surface area contributed by atoms with E-state index in [1.165, 1.54) is 12.1 Å². The highest BCUT2D eigenvalue weighted by Crippen LogP contribution is 2.20. The molecule has 106 valence electrons. The number of amides is 1. The van der Waals surface area contributed by atoms with Crippen molar-refractivity contribution in [2.75, 3.05) is 13.2 Å². The van der Waals surface area contributed by atoms with E-state index in [2.05, 4.69) is 5.32 Å². The van der Waals surface area contributed by atoms with Crippen molar-refractivity contribution in [3.8, 4) is 0 Å². The van der Waals surface area contributed by atoms with Gasteiger partial charge in [0.25, 0.3) is 0 Å². The molecule has 0 unspecified atom stereocenters. The molecule has 0 aromatic heterocycles. The summed E-state index contributed by atoms with van der Waals surface area (Å²) in [6.45, 7) is 4.70. The van der Waals surface area contributed by atoms with Gasteiger partial charge in [0.05, 0.1) is 6.42 Å². The zero-order valence-corrected chi connectivity index (χ0v) is 11.6. The minimum atomic E-state index is -0.324. The summed E-state index contributed by atoms with van der Waals surface area (Å²) >= 11 is 0. The van der Waals surface area contributed by atoms with Crippen LogP contribution in [-0.4, -0.2) is 24.2 Å². The lowest BCUT2D eigenvalue weighted by molar-refractivity contribution is -0.120. The van der Waals surface area contributed by atoms with E-state index in [9.17, 15) is 9.18 Å². The number of halogens is 1. The molecule has 1 rings (SSSR count). The SMILES string of the molecule is CC(C)(CO)CCCNC(=O)Cc1cccc(F)c1. The number of aliphatic hydroxyl groups excluding tert-OH is 1. The van der Waals surface area contributed by atoms with Crippen molar-refractivity contribution < 1.29 is 14.3 Å². The van der Waals surface area contributed by atoms with Crippen molar-refractivity contribution in [2.24, 2.45) is 5.41 Å². The first-order valence-electron chi connectivity index (χ1n) is 6.55. The lowest BCUT2D eigenvalue weighted by Gasteiger charge is -2.21. The van der Waals surface area contributed by atoms with Crippen LogP contribution >= 0.6 is 0 Å². The fourth-order valence-corrected chi connectivity index (χ4v) is 1.77. The summed E-state index contributed by atoms with van der Waals surface area (Å²) in [5, 5.41) is 11.9. The number of carbonyl (C=O) groups excluding carboxylic acids is 1. The molecule has 4 heteroatoms. The van der Waals surface area contributed by atoms with Crippen molar-refractivity contribution in [3.63, 3.8) is 0 Å². The molecule has 0 radical (unpaired) electrons. The molecule has 2 N–H and O–H groups in total. The van der Waals surface area contributed by atoms with Crippen LogP contribution in [0.2, 0.25) is 0 Å². The predicted molar refractivity (Wildman–Crippen MR) is 73.2 cm³/mol. The highest BCUT2D eigenvalue weighted by Gasteiger charge is 2.15. The summed E-state index contributed by atoms with van der Waals surface area (Å²) in [4.78, 5) is 11.6. The summed E-state index contributed by atoms with van der Waals surface area (Å²) in [7, 11) is 0. The third-order valence-electron chi connectivity index (χ3n) is 3.03. The maximum Gasteiger partial charge on any atom is 0.224 e. The number of aliphatic hydroxyl groups is 1. The molecule has 0 aliphatic rings. The van der Waals surface area contributed by atoms with Gasteiger partial charge in [-0.25, -0.2) is 4.39 Å². The fraction of sp³-hybridized carbons (Fsp3) is 0.533. The summed E-state index contributed by atoms with van der Waals surface area (Å²) in [6, 6.07) is 6.06. The fourth-order valence-electron chi connectivity index (χ4n) is 1.77. The normalized spacial score (nSPS) is 11.4. The third-order valence-corrected chi connectivity index (χ3v) is 3.03. The smallest absolute Gasteiger partial charge is 0.224 e. The van der Waals surface area contributed by atoms with Crippen molar-refractivity contribution in [3.05, 3.63) is 35.6 Å². The zero-order chi connectivity index (χ0) is 14.3. The molecule has 0 bridgehead atoms. The summed E-state index contributed by atoms with van der Waals surface area (Å²) < 4.78 is 12.9. The first kappa shape index (κ1) is 15.6. The molecule has 1 amide bonds. The number of hydrogen-bond acceptors (Lipinski definition) is 2. The van der Waals surface area contributed by atoms with Crippen LogP contribution in [0.15, 0.2) is 24.3 Å². The second-order valence-corrected chi connectivity index (χ2v) is 5.58. The van der Waals surface area contributed by atoms with Crippen LogP contribution in [0.25, 0.3) is 0 Å². The van der Waals surface area contributed by atoms with Crippen LogP contribution in [0.3, 0.4) is 0 Å². The monoisotopic (exact) mass is 267 g/mol. The second kappa shape index (κ2) is 7.24. The molecule has 1 aromatic carbocycles. The lowest BCUT2D eigenvalue weighted by Crippen LogP contribution is -2.27. The Morgan fingerprint density at radius 3 is 2.79 bits per heavy atom. The maximum atomic E-state index is 12.9. The number of hydrogen-bond donors (Lipinski definition) is 2. The Hall–Kier alpha value is -1.42. The summed E-state index contributed by atoms with van der Waals surface area (Å²) in [5.74, 6) is -0.428. The molecule has 1 aromatic rings. The molecule has 0 heterocycles. The van der Waals surface area contributed by atoms with Gasteiger partial charge in [0.2, 0.25) is 5.91 Å². The highest BCUT2D eigenvalue weighted by atomic mass is 19.1. The number of benzene rings is 1. The highest BCUT2D eigenvalue weighted by molar-refractivity contribution is 5.78. The molecule has 0 atom stereocenters. The first-order valence-corrected chi connectivity index (χ1v) is 6.55. The van der Waals surface area contributed by atoms with E-state index >= 15 is 0 Å². The molecule has 0 saturated heterocycles. The average molecular weight is 267 g/mol. The van der Waals surface area contributed by atoms with Gasteiger partial charge in [0.15, 0.2) is 0 Å². The van der Waals surface area contributed by atoms with Gasteiger partial charge >= 0.3 is 0 Å². The third kappa shape index (κ3) is 6.34. The van der Waals surface area contributed by atoms with Crippen LogP contribution in [0.5, 0.6) is 0 Å². The number of carbonyl (C=O) groups is 1. The van der Waals surface area contributed by atoms with Crippen LogP contribution in [0, 0.1) is 11.2 Å². The number of nitrogens with one attached hydrogen (secondary N) is 1. The Bertz CT molecular complexity index is 418. The Labute approximate surface area is 113 Å². The zero-order valence-electron chi connectivity index (χ0n) is 11.6. The lowest BCUT2D eigenvalue weighted by atomic mass is 9.89. The van der Waals surface area contributed by atoms with E-state index in [0.29, 0.717) is 12.1 Å². The van der Waals surface area contributed by atoms with Crippen LogP contribution in [0.4, 0.5) is 4.39 Å². The van der Waals surface area contributed by atoms with Gasteiger partial charge in [0, 0.05) is 13.2 Å². The van der Waals surface area contributed by atoms with E-state index in [-0.39, 0.29) is 30.2 Å². The Kier molecular flexibility index (Phi) is 5.96. The van der Waals surface area contributed by atoms with Gasteiger partial charge < -0.3 is 10.4 Å². The molecule has 0 saturated carbocycles. The molecular weight excluding hydrogens is 245 g/mol. The van der Waals surface area contributed by atoms with Gasteiger partial charge in [-0.3, -0.25) is 4.79 Å². The van der Waals surface area contributed by atoms with Crippen molar-refractivity contribution in [2.45, 2.75) is 33.1 Å². The van der Waals surface area contributed by atoms with E-state index < -0.39 is 0 Å². The molecule has 3 nitrogen and oxygen atoms in total. The topological polar surface area (TPSA) is 49.3 Å². The van der Waals surface area contributed by atoms with Gasteiger partial charge in [-0.1, -0.05) is 26.0 Å². The van der Waals surface area contributed by atoms with E-state index in [1.54, 1.807) is 12.1 Å². The van der Waals surface area contributed by atoms with Gasteiger partial charge in [0.1, 0.15) is 5.82 Å². The second-order valence-electron chi connectivity index (χ2n) is 5.58. The van der Waals surface area contributed by atoms with Crippen molar-refractivity contribution in [1.29, 1.82) is 0 Å². The Morgan fingerprint density at radius 1 is 1.42 bits per heavy atom. The van der Waals surface area contributed by atoms with Crippen molar-refractivity contribution >= 4 is 5.91 Å². The predicted octanol–water partition coefficient (Wildman–Crippen LogP) is 2.28. The van der Waals surface area contributed by atoms with Crippen molar-refractivity contribution in [1.82, 2.24) is 5.32 Å². The average Bonchev–Trinajstić information content (AvgIpc) is 2.35.